The first-order valence-corrected chi connectivity index (χ1v) is 9.01. The Balaban J connectivity index is 2.05. The highest BCUT2D eigenvalue weighted by molar-refractivity contribution is 5.92. The van der Waals surface area contributed by atoms with Crippen molar-refractivity contribution in [2.75, 3.05) is 0 Å². The average molecular weight is 383 g/mol. The second-order valence-electron chi connectivity index (χ2n) is 7.25. The molecular weight excluding hydrogens is 358 g/mol. The highest BCUT2D eigenvalue weighted by Crippen LogP contribution is 2.16. The standard InChI is InChI=1S/C20H25N5O3/c1-12(2)20(6,11-21)23-18(26)15(5)28-19(27)16-7-8-17(22-10-16)25-14(4)9-13(3)24-25/h7-10,12,15H,1-6H3,(H,23,26). The van der Waals surface area contributed by atoms with Crippen LogP contribution in [0.25, 0.3) is 5.82 Å². The van der Waals surface area contributed by atoms with E-state index < -0.39 is 23.5 Å². The first-order chi connectivity index (χ1) is 13.1. The smallest absolute Gasteiger partial charge is 0.340 e. The van der Waals surface area contributed by atoms with E-state index in [0.29, 0.717) is 5.82 Å². The van der Waals surface area contributed by atoms with Crippen molar-refractivity contribution >= 4 is 11.9 Å². The number of nitrogens with one attached hydrogen (secondary N) is 1. The van der Waals surface area contributed by atoms with Gasteiger partial charge in [-0.2, -0.15) is 10.4 Å². The molecule has 28 heavy (non-hydrogen) atoms. The van der Waals surface area contributed by atoms with E-state index in [1.807, 2.05) is 33.8 Å². The molecule has 2 unspecified atom stereocenters. The van der Waals surface area contributed by atoms with Crippen LogP contribution in [-0.4, -0.2) is 38.3 Å². The zero-order valence-corrected chi connectivity index (χ0v) is 17.0. The Bertz CT molecular complexity index is 911. The molecule has 0 fully saturated rings. The molecule has 0 spiro atoms. The minimum absolute atomic E-state index is 0.101. The number of hydrogen-bond acceptors (Lipinski definition) is 6. The van der Waals surface area contributed by atoms with Crippen LogP contribution in [-0.2, 0) is 9.53 Å². The van der Waals surface area contributed by atoms with Crippen LogP contribution in [0.15, 0.2) is 24.4 Å². The van der Waals surface area contributed by atoms with E-state index in [2.05, 4.69) is 21.5 Å². The number of esters is 1. The van der Waals surface area contributed by atoms with Crippen LogP contribution in [0.2, 0.25) is 0 Å². The summed E-state index contributed by atoms with van der Waals surface area (Å²) < 4.78 is 6.89. The number of nitriles is 1. The van der Waals surface area contributed by atoms with Gasteiger partial charge in [0, 0.05) is 11.9 Å². The Kier molecular flexibility index (Phi) is 6.19. The number of aromatic nitrogens is 3. The first kappa shape index (κ1) is 21.1. The van der Waals surface area contributed by atoms with Gasteiger partial charge in [-0.3, -0.25) is 4.79 Å². The van der Waals surface area contributed by atoms with E-state index in [9.17, 15) is 14.9 Å². The SMILES string of the molecule is Cc1cc(C)n(-c2ccc(C(=O)OC(C)C(=O)NC(C)(C#N)C(C)C)cn2)n1. The van der Waals surface area contributed by atoms with Gasteiger partial charge in [0.05, 0.1) is 17.3 Å². The van der Waals surface area contributed by atoms with Gasteiger partial charge in [-0.25, -0.2) is 14.5 Å². The molecule has 0 radical (unpaired) electrons. The average Bonchev–Trinajstić information content (AvgIpc) is 2.99. The van der Waals surface area contributed by atoms with Gasteiger partial charge in [0.2, 0.25) is 0 Å². The predicted octanol–water partition coefficient (Wildman–Crippen LogP) is 2.48. The third-order valence-electron chi connectivity index (χ3n) is 4.63. The van der Waals surface area contributed by atoms with Crippen molar-refractivity contribution in [1.82, 2.24) is 20.1 Å². The Morgan fingerprint density at radius 1 is 1.29 bits per heavy atom. The fraction of sp³-hybridized carbons (Fsp3) is 0.450. The lowest BCUT2D eigenvalue weighted by Crippen LogP contribution is -2.52. The van der Waals surface area contributed by atoms with Crippen LogP contribution in [0.5, 0.6) is 0 Å². The molecule has 8 heteroatoms. The Labute approximate surface area is 164 Å². The number of rotatable bonds is 6. The molecule has 148 valence electrons. The van der Waals surface area contributed by atoms with Crippen molar-refractivity contribution in [3.63, 3.8) is 0 Å². The molecule has 8 nitrogen and oxygen atoms in total. The van der Waals surface area contributed by atoms with Crippen molar-refractivity contribution in [1.29, 1.82) is 5.26 Å². The first-order valence-electron chi connectivity index (χ1n) is 9.01. The lowest BCUT2D eigenvalue weighted by molar-refractivity contribution is -0.130. The van der Waals surface area contributed by atoms with E-state index in [1.54, 1.807) is 23.7 Å². The molecule has 2 atom stereocenters. The fourth-order valence-electron chi connectivity index (χ4n) is 2.43. The molecule has 0 aromatic carbocycles. The molecule has 2 aromatic heterocycles. The lowest BCUT2D eigenvalue weighted by atomic mass is 9.90. The Morgan fingerprint density at radius 2 is 1.96 bits per heavy atom. The summed E-state index contributed by atoms with van der Waals surface area (Å²) in [6, 6.07) is 7.24. The summed E-state index contributed by atoms with van der Waals surface area (Å²) in [7, 11) is 0. The highest BCUT2D eigenvalue weighted by Gasteiger charge is 2.32. The summed E-state index contributed by atoms with van der Waals surface area (Å²) in [5.74, 6) is -0.721. The topological polar surface area (TPSA) is 110 Å². The van der Waals surface area contributed by atoms with Crippen molar-refractivity contribution in [2.45, 2.75) is 53.2 Å². The molecule has 2 heterocycles. The third-order valence-corrected chi connectivity index (χ3v) is 4.63. The number of carbonyl (C=O) groups excluding carboxylic acids is 2. The minimum Gasteiger partial charge on any atom is -0.449 e. The highest BCUT2D eigenvalue weighted by atomic mass is 16.5. The van der Waals surface area contributed by atoms with Gasteiger partial charge in [0.1, 0.15) is 5.54 Å². The van der Waals surface area contributed by atoms with E-state index in [-0.39, 0.29) is 11.5 Å². The fourth-order valence-corrected chi connectivity index (χ4v) is 2.43. The van der Waals surface area contributed by atoms with Gasteiger partial charge < -0.3 is 10.1 Å². The van der Waals surface area contributed by atoms with Crippen LogP contribution >= 0.6 is 0 Å². The van der Waals surface area contributed by atoms with Crippen molar-refractivity contribution in [3.05, 3.63) is 41.3 Å². The number of hydrogen-bond donors (Lipinski definition) is 1. The Hall–Kier alpha value is -3.21. The quantitative estimate of drug-likeness (QED) is 0.768. The normalized spacial score (nSPS) is 14.1. The maximum atomic E-state index is 12.3. The van der Waals surface area contributed by atoms with Gasteiger partial charge in [0.25, 0.3) is 5.91 Å². The van der Waals surface area contributed by atoms with Crippen LogP contribution in [0.1, 0.15) is 49.4 Å². The molecule has 0 saturated carbocycles. The van der Waals surface area contributed by atoms with Gasteiger partial charge in [-0.15, -0.1) is 0 Å². The number of carbonyl (C=O) groups is 2. The summed E-state index contributed by atoms with van der Waals surface area (Å²) in [5, 5.41) is 16.3. The minimum atomic E-state index is -1.05. The number of amides is 1. The summed E-state index contributed by atoms with van der Waals surface area (Å²) >= 11 is 0. The van der Waals surface area contributed by atoms with E-state index >= 15 is 0 Å². The third kappa shape index (κ3) is 4.55. The molecule has 0 aliphatic rings. The number of aryl methyl sites for hydroxylation is 2. The van der Waals surface area contributed by atoms with Crippen molar-refractivity contribution < 1.29 is 14.3 Å². The van der Waals surface area contributed by atoms with Gasteiger partial charge >= 0.3 is 5.97 Å². The van der Waals surface area contributed by atoms with Gasteiger partial charge in [-0.05, 0) is 51.8 Å². The molecule has 0 aliphatic heterocycles. The van der Waals surface area contributed by atoms with Crippen LogP contribution in [0.3, 0.4) is 0 Å². The maximum absolute atomic E-state index is 12.3. The molecule has 0 aliphatic carbocycles. The molecule has 0 saturated heterocycles. The zero-order chi connectivity index (χ0) is 21.1. The van der Waals surface area contributed by atoms with Crippen LogP contribution in [0.4, 0.5) is 0 Å². The Morgan fingerprint density at radius 3 is 2.43 bits per heavy atom. The van der Waals surface area contributed by atoms with E-state index in [0.717, 1.165) is 11.4 Å². The molecule has 1 amide bonds. The van der Waals surface area contributed by atoms with E-state index in [4.69, 9.17) is 4.74 Å². The maximum Gasteiger partial charge on any atom is 0.340 e. The molecular formula is C20H25N5O3. The monoisotopic (exact) mass is 383 g/mol. The number of nitrogens with zero attached hydrogens (tertiary/aromatic N) is 4. The van der Waals surface area contributed by atoms with Gasteiger partial charge in [0.15, 0.2) is 11.9 Å². The molecule has 2 aromatic rings. The zero-order valence-electron chi connectivity index (χ0n) is 17.0. The summed E-state index contributed by atoms with van der Waals surface area (Å²) in [6.45, 7) is 10.6. The predicted molar refractivity (Wildman–Crippen MR) is 103 cm³/mol. The number of pyridine rings is 1. The number of ether oxygens (including phenoxy) is 1. The van der Waals surface area contributed by atoms with Crippen LogP contribution < -0.4 is 5.32 Å². The van der Waals surface area contributed by atoms with Crippen molar-refractivity contribution in [2.24, 2.45) is 5.92 Å². The molecule has 0 bridgehead atoms. The largest absolute Gasteiger partial charge is 0.449 e. The van der Waals surface area contributed by atoms with Crippen molar-refractivity contribution in [3.8, 4) is 11.9 Å². The lowest BCUT2D eigenvalue weighted by Gasteiger charge is -2.28. The van der Waals surface area contributed by atoms with Gasteiger partial charge in [-0.1, -0.05) is 13.8 Å². The molecule has 1 N–H and O–H groups in total. The summed E-state index contributed by atoms with van der Waals surface area (Å²) in [4.78, 5) is 28.9. The van der Waals surface area contributed by atoms with E-state index in [1.165, 1.54) is 13.1 Å². The second kappa shape index (κ2) is 8.21. The molecule has 2 rings (SSSR count). The van der Waals surface area contributed by atoms with Crippen LogP contribution in [0, 0.1) is 31.1 Å². The summed E-state index contributed by atoms with van der Waals surface area (Å²) in [6.07, 6.45) is 0.335. The summed E-state index contributed by atoms with van der Waals surface area (Å²) in [5.41, 5.74) is 0.974. The second-order valence-corrected chi connectivity index (χ2v) is 7.25.